The first-order valence-electron chi connectivity index (χ1n) is 7.37. The van der Waals surface area contributed by atoms with E-state index in [1.807, 2.05) is 12.1 Å². The first-order chi connectivity index (χ1) is 11.6. The maximum Gasteiger partial charge on any atom is 0.165 e. The number of rotatable bonds is 2. The van der Waals surface area contributed by atoms with Crippen LogP contribution in [0.25, 0.3) is 33.3 Å². The monoisotopic (exact) mass is 320 g/mol. The fourth-order valence-electron chi connectivity index (χ4n) is 2.76. The third kappa shape index (κ3) is 2.36. The normalized spacial score (nSPS) is 11.0. The number of halogens is 1. The fourth-order valence-corrected chi connectivity index (χ4v) is 2.76. The van der Waals surface area contributed by atoms with E-state index in [0.29, 0.717) is 11.2 Å². The lowest BCUT2D eigenvalue weighted by atomic mass is 10.0. The number of nitrogens with zero attached hydrogens (tertiary/aromatic N) is 1. The standard InChI is InChI=1S/C19H13FN2O2/c20-17-8-12(4-5-18(17)24)16-10-22-19-15(16)7-13(9-21-19)11-2-1-3-14(23)6-11/h1-10,23-24H,(H,21,22). The Hall–Kier alpha value is -3.34. The number of fused-ring (bicyclic) bond motifs is 1. The summed E-state index contributed by atoms with van der Waals surface area (Å²) in [4.78, 5) is 7.46. The summed E-state index contributed by atoms with van der Waals surface area (Å²) in [5.41, 5.74) is 3.80. The molecule has 0 saturated heterocycles. The number of phenolic OH excluding ortho intramolecular Hbond substituents is 2. The second-order valence-electron chi connectivity index (χ2n) is 5.54. The van der Waals surface area contributed by atoms with Gasteiger partial charge in [0.1, 0.15) is 11.4 Å². The van der Waals surface area contributed by atoms with Crippen LogP contribution in [0, 0.1) is 5.82 Å². The molecule has 0 bridgehead atoms. The number of benzene rings is 2. The van der Waals surface area contributed by atoms with Gasteiger partial charge < -0.3 is 15.2 Å². The van der Waals surface area contributed by atoms with Crippen molar-refractivity contribution in [2.45, 2.75) is 0 Å². The van der Waals surface area contributed by atoms with E-state index in [1.54, 1.807) is 36.7 Å². The van der Waals surface area contributed by atoms with Crippen LogP contribution >= 0.6 is 0 Å². The molecule has 0 aliphatic rings. The average Bonchev–Trinajstić information content (AvgIpc) is 3.00. The predicted octanol–water partition coefficient (Wildman–Crippen LogP) is 4.45. The summed E-state index contributed by atoms with van der Waals surface area (Å²) in [5, 5.41) is 19.8. The number of hydrogen-bond acceptors (Lipinski definition) is 3. The quantitative estimate of drug-likeness (QED) is 0.511. The van der Waals surface area contributed by atoms with Gasteiger partial charge in [-0.15, -0.1) is 0 Å². The number of phenols is 2. The third-order valence-corrected chi connectivity index (χ3v) is 3.97. The lowest BCUT2D eigenvalue weighted by Crippen LogP contribution is -1.83. The molecule has 0 atom stereocenters. The Kier molecular flexibility index (Phi) is 3.20. The van der Waals surface area contributed by atoms with Gasteiger partial charge in [-0.3, -0.25) is 0 Å². The highest BCUT2D eigenvalue weighted by atomic mass is 19.1. The smallest absolute Gasteiger partial charge is 0.165 e. The maximum absolute atomic E-state index is 13.7. The minimum absolute atomic E-state index is 0.183. The van der Waals surface area contributed by atoms with E-state index in [0.717, 1.165) is 22.1 Å². The Morgan fingerprint density at radius 3 is 2.58 bits per heavy atom. The van der Waals surface area contributed by atoms with Crippen molar-refractivity contribution in [3.8, 4) is 33.8 Å². The van der Waals surface area contributed by atoms with Crippen molar-refractivity contribution in [3.63, 3.8) is 0 Å². The van der Waals surface area contributed by atoms with E-state index in [2.05, 4.69) is 9.97 Å². The minimum Gasteiger partial charge on any atom is -0.508 e. The van der Waals surface area contributed by atoms with Crippen LogP contribution < -0.4 is 0 Å². The van der Waals surface area contributed by atoms with Gasteiger partial charge in [0, 0.05) is 28.9 Å². The summed E-state index contributed by atoms with van der Waals surface area (Å²) in [5.74, 6) is -0.862. The largest absolute Gasteiger partial charge is 0.508 e. The molecule has 0 aliphatic carbocycles. The Morgan fingerprint density at radius 2 is 1.79 bits per heavy atom. The van der Waals surface area contributed by atoms with Gasteiger partial charge in [-0.05, 0) is 41.5 Å². The van der Waals surface area contributed by atoms with Crippen molar-refractivity contribution in [1.82, 2.24) is 9.97 Å². The SMILES string of the molecule is Oc1cccc(-c2cnc3[nH]cc(-c4ccc(O)c(F)c4)c3c2)c1. The van der Waals surface area contributed by atoms with Crippen LogP contribution in [0.3, 0.4) is 0 Å². The molecule has 0 radical (unpaired) electrons. The van der Waals surface area contributed by atoms with Crippen LogP contribution in [0.15, 0.2) is 60.9 Å². The van der Waals surface area contributed by atoms with Crippen LogP contribution in [-0.2, 0) is 0 Å². The van der Waals surface area contributed by atoms with Gasteiger partial charge in [0.25, 0.3) is 0 Å². The molecule has 0 fully saturated rings. The Morgan fingerprint density at radius 1 is 0.917 bits per heavy atom. The molecule has 5 heteroatoms. The van der Waals surface area contributed by atoms with Crippen molar-refractivity contribution in [2.24, 2.45) is 0 Å². The maximum atomic E-state index is 13.7. The molecule has 2 heterocycles. The number of aromatic amines is 1. The zero-order valence-electron chi connectivity index (χ0n) is 12.5. The Labute approximate surface area is 136 Å². The highest BCUT2D eigenvalue weighted by molar-refractivity contribution is 5.95. The lowest BCUT2D eigenvalue weighted by molar-refractivity contribution is 0.432. The topological polar surface area (TPSA) is 69.1 Å². The minimum atomic E-state index is -0.668. The number of aromatic hydroxyl groups is 2. The highest BCUT2D eigenvalue weighted by Gasteiger charge is 2.11. The summed E-state index contributed by atoms with van der Waals surface area (Å²) in [6.45, 7) is 0. The average molecular weight is 320 g/mol. The first-order valence-corrected chi connectivity index (χ1v) is 7.37. The molecule has 118 valence electrons. The van der Waals surface area contributed by atoms with Crippen LogP contribution in [0.2, 0.25) is 0 Å². The molecule has 24 heavy (non-hydrogen) atoms. The molecule has 0 amide bonds. The number of aromatic nitrogens is 2. The molecule has 3 N–H and O–H groups in total. The van der Waals surface area contributed by atoms with Crippen LogP contribution in [0.5, 0.6) is 11.5 Å². The number of pyridine rings is 1. The van der Waals surface area contributed by atoms with Gasteiger partial charge in [0.15, 0.2) is 11.6 Å². The first kappa shape index (κ1) is 14.3. The van der Waals surface area contributed by atoms with E-state index in [9.17, 15) is 14.6 Å². The molecule has 2 aromatic heterocycles. The Balaban J connectivity index is 1.88. The van der Waals surface area contributed by atoms with E-state index in [-0.39, 0.29) is 11.5 Å². The summed E-state index contributed by atoms with van der Waals surface area (Å²) in [6, 6.07) is 13.1. The van der Waals surface area contributed by atoms with Crippen molar-refractivity contribution in [3.05, 3.63) is 66.7 Å². The molecule has 0 saturated carbocycles. The summed E-state index contributed by atoms with van der Waals surface area (Å²) in [7, 11) is 0. The summed E-state index contributed by atoms with van der Waals surface area (Å²) >= 11 is 0. The summed E-state index contributed by atoms with van der Waals surface area (Å²) in [6.07, 6.45) is 3.48. The molecule has 4 rings (SSSR count). The molecular weight excluding hydrogens is 307 g/mol. The fraction of sp³-hybridized carbons (Fsp3) is 0. The van der Waals surface area contributed by atoms with Gasteiger partial charge in [0.05, 0.1) is 0 Å². The highest BCUT2D eigenvalue weighted by Crippen LogP contribution is 2.33. The van der Waals surface area contributed by atoms with Crippen molar-refractivity contribution in [1.29, 1.82) is 0 Å². The van der Waals surface area contributed by atoms with Crippen molar-refractivity contribution < 1.29 is 14.6 Å². The van der Waals surface area contributed by atoms with Crippen LogP contribution in [0.1, 0.15) is 0 Å². The van der Waals surface area contributed by atoms with Crippen LogP contribution in [-0.4, -0.2) is 20.2 Å². The molecule has 0 unspecified atom stereocenters. The van der Waals surface area contributed by atoms with E-state index in [1.165, 1.54) is 12.1 Å². The van der Waals surface area contributed by atoms with E-state index >= 15 is 0 Å². The molecule has 4 nitrogen and oxygen atoms in total. The van der Waals surface area contributed by atoms with Gasteiger partial charge in [-0.1, -0.05) is 18.2 Å². The van der Waals surface area contributed by atoms with Crippen LogP contribution in [0.4, 0.5) is 4.39 Å². The zero-order chi connectivity index (χ0) is 16.7. The Bertz CT molecular complexity index is 1060. The lowest BCUT2D eigenvalue weighted by Gasteiger charge is -2.05. The molecule has 0 aliphatic heterocycles. The number of H-pyrrole nitrogens is 1. The predicted molar refractivity (Wildman–Crippen MR) is 90.3 cm³/mol. The second-order valence-corrected chi connectivity index (χ2v) is 5.54. The summed E-state index contributed by atoms with van der Waals surface area (Å²) < 4.78 is 13.7. The van der Waals surface area contributed by atoms with Gasteiger partial charge in [-0.25, -0.2) is 9.37 Å². The van der Waals surface area contributed by atoms with Crippen molar-refractivity contribution >= 4 is 11.0 Å². The van der Waals surface area contributed by atoms with Gasteiger partial charge in [0.2, 0.25) is 0 Å². The van der Waals surface area contributed by atoms with Gasteiger partial charge >= 0.3 is 0 Å². The molecule has 2 aromatic carbocycles. The third-order valence-electron chi connectivity index (χ3n) is 3.97. The number of nitrogens with one attached hydrogen (secondary N) is 1. The molecule has 0 spiro atoms. The molecule has 4 aromatic rings. The van der Waals surface area contributed by atoms with Gasteiger partial charge in [-0.2, -0.15) is 0 Å². The molecular formula is C19H13FN2O2. The second kappa shape index (κ2) is 5.38. The van der Waals surface area contributed by atoms with E-state index in [4.69, 9.17) is 0 Å². The zero-order valence-corrected chi connectivity index (χ0v) is 12.5. The van der Waals surface area contributed by atoms with Crippen molar-refractivity contribution in [2.75, 3.05) is 0 Å². The van der Waals surface area contributed by atoms with E-state index < -0.39 is 5.82 Å². The number of hydrogen-bond donors (Lipinski definition) is 3.